The molecule has 1 unspecified atom stereocenters. The zero-order valence-corrected chi connectivity index (χ0v) is 12.0. The summed E-state index contributed by atoms with van der Waals surface area (Å²) in [5, 5.41) is 23.2. The van der Waals surface area contributed by atoms with Crippen molar-refractivity contribution in [2.45, 2.75) is 25.4 Å². The van der Waals surface area contributed by atoms with Gasteiger partial charge in [0, 0.05) is 26.8 Å². The maximum atomic E-state index is 11.4. The Kier molecular flexibility index (Phi) is 9.69. The minimum atomic E-state index is -1.47. The first kappa shape index (κ1) is 18.6. The Bertz CT molecular complexity index is 296. The molecule has 0 fully saturated rings. The molecule has 0 aliphatic rings. The molecule has 0 aliphatic carbocycles. The Morgan fingerprint density at radius 1 is 1.20 bits per heavy atom. The Morgan fingerprint density at radius 3 is 2.50 bits per heavy atom. The highest BCUT2D eigenvalue weighted by atomic mass is 16.5. The number of nitrogens with one attached hydrogen (secondary N) is 2. The van der Waals surface area contributed by atoms with Crippen LogP contribution in [0, 0.1) is 0 Å². The van der Waals surface area contributed by atoms with Crippen LogP contribution in [0.15, 0.2) is 0 Å². The number of carbonyl (C=O) groups is 2. The molecular formula is C12H24N2O6. The highest BCUT2D eigenvalue weighted by Gasteiger charge is 2.24. The Hall–Kier alpha value is -1.38. The average molecular weight is 292 g/mol. The van der Waals surface area contributed by atoms with Gasteiger partial charge in [0.1, 0.15) is 0 Å². The Labute approximate surface area is 118 Å². The van der Waals surface area contributed by atoms with E-state index in [1.807, 2.05) is 0 Å². The van der Waals surface area contributed by atoms with Gasteiger partial charge in [-0.3, -0.25) is 4.79 Å². The standard InChI is InChI=1S/C12H24N2O6/c1-12(18,8-10(15)16)9-14-11(17)13-4-3-5-20-7-6-19-2/h18H,3-9H2,1-2H3,(H,15,16)(H2,13,14,17). The second-order valence-corrected chi connectivity index (χ2v) is 4.64. The third kappa shape index (κ3) is 11.7. The Morgan fingerprint density at radius 2 is 1.90 bits per heavy atom. The summed E-state index contributed by atoms with van der Waals surface area (Å²) in [6.45, 7) is 3.22. The predicted molar refractivity (Wildman–Crippen MR) is 71.6 cm³/mol. The van der Waals surface area contributed by atoms with E-state index in [4.69, 9.17) is 14.6 Å². The number of carboxylic acid groups (broad SMARTS) is 1. The molecule has 4 N–H and O–H groups in total. The van der Waals surface area contributed by atoms with Gasteiger partial charge in [0.2, 0.25) is 0 Å². The molecule has 0 saturated heterocycles. The SMILES string of the molecule is COCCOCCCNC(=O)NCC(C)(O)CC(=O)O. The summed E-state index contributed by atoms with van der Waals surface area (Å²) in [6, 6.07) is -0.451. The predicted octanol–water partition coefficient (Wildman–Crippen LogP) is -0.436. The fraction of sp³-hybridized carbons (Fsp3) is 0.833. The van der Waals surface area contributed by atoms with E-state index < -0.39 is 24.0 Å². The van der Waals surface area contributed by atoms with Crippen LogP contribution in [0.4, 0.5) is 4.79 Å². The van der Waals surface area contributed by atoms with E-state index in [0.717, 1.165) is 0 Å². The molecule has 1 atom stereocenters. The summed E-state index contributed by atoms with van der Waals surface area (Å²) >= 11 is 0. The number of rotatable bonds is 11. The van der Waals surface area contributed by atoms with E-state index in [1.165, 1.54) is 6.92 Å². The second kappa shape index (κ2) is 10.4. The topological polar surface area (TPSA) is 117 Å². The Balaban J connectivity index is 3.56. The number of aliphatic hydroxyl groups is 1. The number of hydrogen-bond donors (Lipinski definition) is 4. The van der Waals surface area contributed by atoms with Gasteiger partial charge >= 0.3 is 12.0 Å². The first-order valence-electron chi connectivity index (χ1n) is 6.40. The normalized spacial score (nSPS) is 13.6. The van der Waals surface area contributed by atoms with Crippen LogP contribution in [-0.4, -0.2) is 67.8 Å². The first-order chi connectivity index (χ1) is 9.37. The van der Waals surface area contributed by atoms with Crippen molar-refractivity contribution in [3.8, 4) is 0 Å². The number of ether oxygens (including phenoxy) is 2. The summed E-state index contributed by atoms with van der Waals surface area (Å²) < 4.78 is 10.0. The molecule has 20 heavy (non-hydrogen) atoms. The quantitative estimate of drug-likeness (QED) is 0.384. The number of carboxylic acids is 1. The van der Waals surface area contributed by atoms with Crippen molar-refractivity contribution in [2.24, 2.45) is 0 Å². The van der Waals surface area contributed by atoms with E-state index >= 15 is 0 Å². The summed E-state index contributed by atoms with van der Waals surface area (Å²) in [6.07, 6.45) is 0.225. The van der Waals surface area contributed by atoms with Crippen LogP contribution >= 0.6 is 0 Å². The van der Waals surface area contributed by atoms with Gasteiger partial charge in [0.15, 0.2) is 0 Å². The molecule has 0 radical (unpaired) electrons. The van der Waals surface area contributed by atoms with E-state index in [1.54, 1.807) is 7.11 Å². The van der Waals surface area contributed by atoms with Crippen LogP contribution in [-0.2, 0) is 14.3 Å². The van der Waals surface area contributed by atoms with Gasteiger partial charge in [-0.1, -0.05) is 0 Å². The number of hydrogen-bond acceptors (Lipinski definition) is 5. The number of methoxy groups -OCH3 is 1. The molecule has 0 aromatic carbocycles. The third-order valence-electron chi connectivity index (χ3n) is 2.34. The zero-order valence-electron chi connectivity index (χ0n) is 12.0. The van der Waals surface area contributed by atoms with Crippen LogP contribution in [0.25, 0.3) is 0 Å². The monoisotopic (exact) mass is 292 g/mol. The second-order valence-electron chi connectivity index (χ2n) is 4.64. The molecule has 0 saturated carbocycles. The minimum Gasteiger partial charge on any atom is -0.481 e. The van der Waals surface area contributed by atoms with Gasteiger partial charge in [-0.2, -0.15) is 0 Å². The first-order valence-corrected chi connectivity index (χ1v) is 6.40. The molecule has 0 rings (SSSR count). The van der Waals surface area contributed by atoms with Gasteiger partial charge in [-0.25, -0.2) is 4.79 Å². The fourth-order valence-electron chi connectivity index (χ4n) is 1.34. The lowest BCUT2D eigenvalue weighted by molar-refractivity contribution is -0.141. The molecule has 8 nitrogen and oxygen atoms in total. The van der Waals surface area contributed by atoms with Crippen molar-refractivity contribution in [3.05, 3.63) is 0 Å². The molecule has 0 spiro atoms. The summed E-state index contributed by atoms with van der Waals surface area (Å²) in [5.74, 6) is -1.12. The van der Waals surface area contributed by atoms with Crippen LogP contribution in [0.5, 0.6) is 0 Å². The van der Waals surface area contributed by atoms with Crippen molar-refractivity contribution in [3.63, 3.8) is 0 Å². The lowest BCUT2D eigenvalue weighted by Crippen LogP contribution is -2.46. The van der Waals surface area contributed by atoms with E-state index in [0.29, 0.717) is 32.8 Å². The van der Waals surface area contributed by atoms with Gasteiger partial charge < -0.3 is 30.3 Å². The molecule has 0 aromatic heterocycles. The zero-order chi connectivity index (χ0) is 15.4. The largest absolute Gasteiger partial charge is 0.481 e. The van der Waals surface area contributed by atoms with Crippen molar-refractivity contribution in [1.82, 2.24) is 10.6 Å². The minimum absolute atomic E-state index is 0.129. The maximum absolute atomic E-state index is 11.4. The molecule has 118 valence electrons. The van der Waals surface area contributed by atoms with E-state index in [-0.39, 0.29) is 6.54 Å². The number of amides is 2. The van der Waals surface area contributed by atoms with Crippen molar-refractivity contribution < 1.29 is 29.3 Å². The summed E-state index contributed by atoms with van der Waals surface area (Å²) in [5.41, 5.74) is -1.47. The van der Waals surface area contributed by atoms with Crippen LogP contribution in [0.1, 0.15) is 19.8 Å². The number of urea groups is 1. The lowest BCUT2D eigenvalue weighted by Gasteiger charge is -2.21. The highest BCUT2D eigenvalue weighted by molar-refractivity contribution is 5.74. The molecule has 8 heteroatoms. The van der Waals surface area contributed by atoms with Crippen LogP contribution < -0.4 is 10.6 Å². The van der Waals surface area contributed by atoms with Crippen molar-refractivity contribution in [2.75, 3.05) is 40.0 Å². The van der Waals surface area contributed by atoms with Crippen LogP contribution in [0.2, 0.25) is 0 Å². The van der Waals surface area contributed by atoms with Gasteiger partial charge in [-0.05, 0) is 13.3 Å². The third-order valence-corrected chi connectivity index (χ3v) is 2.34. The molecular weight excluding hydrogens is 268 g/mol. The van der Waals surface area contributed by atoms with Crippen LogP contribution in [0.3, 0.4) is 0 Å². The van der Waals surface area contributed by atoms with E-state index in [2.05, 4.69) is 10.6 Å². The lowest BCUT2D eigenvalue weighted by atomic mass is 10.0. The average Bonchev–Trinajstić information content (AvgIpc) is 2.34. The highest BCUT2D eigenvalue weighted by Crippen LogP contribution is 2.06. The number of aliphatic carboxylic acids is 1. The van der Waals surface area contributed by atoms with Gasteiger partial charge in [0.25, 0.3) is 0 Å². The van der Waals surface area contributed by atoms with E-state index in [9.17, 15) is 14.7 Å². The molecule has 0 aromatic rings. The number of carbonyl (C=O) groups excluding carboxylic acids is 1. The van der Waals surface area contributed by atoms with Gasteiger partial charge in [-0.15, -0.1) is 0 Å². The smallest absolute Gasteiger partial charge is 0.314 e. The summed E-state index contributed by atoms with van der Waals surface area (Å²) in [7, 11) is 1.59. The fourth-order valence-corrected chi connectivity index (χ4v) is 1.34. The molecule has 0 bridgehead atoms. The summed E-state index contributed by atoms with van der Waals surface area (Å²) in [4.78, 5) is 21.8. The molecule has 2 amide bonds. The van der Waals surface area contributed by atoms with Crippen molar-refractivity contribution in [1.29, 1.82) is 0 Å². The molecule has 0 heterocycles. The van der Waals surface area contributed by atoms with Gasteiger partial charge in [0.05, 0.1) is 25.2 Å². The maximum Gasteiger partial charge on any atom is 0.314 e. The molecule has 0 aliphatic heterocycles. The van der Waals surface area contributed by atoms with Crippen molar-refractivity contribution >= 4 is 12.0 Å².